The van der Waals surface area contributed by atoms with Crippen LogP contribution < -0.4 is 9.64 Å². The minimum absolute atomic E-state index is 0.241. The van der Waals surface area contributed by atoms with E-state index in [9.17, 15) is 19.2 Å². The van der Waals surface area contributed by atoms with Crippen LogP contribution in [0.5, 0.6) is 5.75 Å². The number of amides is 5. The van der Waals surface area contributed by atoms with Gasteiger partial charge >= 0.3 is 17.8 Å². The van der Waals surface area contributed by atoms with E-state index in [1.165, 1.54) is 19.2 Å². The van der Waals surface area contributed by atoms with Crippen LogP contribution in [0.25, 0.3) is 0 Å². The standard InChI is InChI=1S/C20H27N3O5/c1-13(2)10-21(11-14(3)4)17(24)12-22-18(25)19(26)23(20(22)27)15-6-8-16(28-5)9-7-15/h6-9,13-14H,10-12H2,1-5H3. The molecule has 28 heavy (non-hydrogen) atoms. The Labute approximate surface area is 165 Å². The number of hydrogen-bond donors (Lipinski definition) is 0. The van der Waals surface area contributed by atoms with Gasteiger partial charge in [-0.25, -0.2) is 14.6 Å². The normalized spacial score (nSPS) is 14.5. The van der Waals surface area contributed by atoms with E-state index < -0.39 is 24.4 Å². The maximum atomic E-state index is 12.7. The summed E-state index contributed by atoms with van der Waals surface area (Å²) in [4.78, 5) is 53.2. The lowest BCUT2D eigenvalue weighted by atomic mass is 10.1. The maximum Gasteiger partial charge on any atom is 0.339 e. The van der Waals surface area contributed by atoms with Crippen molar-refractivity contribution in [3.8, 4) is 5.75 Å². The summed E-state index contributed by atoms with van der Waals surface area (Å²) in [6.07, 6.45) is 0. The Hall–Kier alpha value is -2.90. The molecule has 1 saturated heterocycles. The molecule has 1 fully saturated rings. The fraction of sp³-hybridized carbons (Fsp3) is 0.500. The molecule has 0 atom stereocenters. The van der Waals surface area contributed by atoms with Gasteiger partial charge in [-0.15, -0.1) is 0 Å². The summed E-state index contributed by atoms with van der Waals surface area (Å²) in [7, 11) is 1.50. The van der Waals surface area contributed by atoms with Gasteiger partial charge in [-0.3, -0.25) is 14.4 Å². The molecular weight excluding hydrogens is 362 g/mol. The van der Waals surface area contributed by atoms with E-state index in [0.717, 1.165) is 4.90 Å². The number of hydrogen-bond acceptors (Lipinski definition) is 5. The van der Waals surface area contributed by atoms with Gasteiger partial charge < -0.3 is 9.64 Å². The number of carbonyl (C=O) groups excluding carboxylic acids is 4. The van der Waals surface area contributed by atoms with Crippen molar-refractivity contribution in [1.29, 1.82) is 0 Å². The largest absolute Gasteiger partial charge is 0.497 e. The van der Waals surface area contributed by atoms with Crippen LogP contribution in [0.2, 0.25) is 0 Å². The van der Waals surface area contributed by atoms with Gasteiger partial charge in [0.15, 0.2) is 0 Å². The van der Waals surface area contributed by atoms with Crippen LogP contribution in [0.4, 0.5) is 10.5 Å². The molecule has 0 aromatic heterocycles. The number of imide groups is 2. The van der Waals surface area contributed by atoms with E-state index >= 15 is 0 Å². The van der Waals surface area contributed by atoms with Crippen molar-refractivity contribution >= 4 is 29.4 Å². The lowest BCUT2D eigenvalue weighted by Gasteiger charge is -2.27. The molecule has 0 saturated carbocycles. The molecule has 0 spiro atoms. The van der Waals surface area contributed by atoms with Crippen molar-refractivity contribution < 1.29 is 23.9 Å². The number of benzene rings is 1. The Morgan fingerprint density at radius 1 is 0.964 bits per heavy atom. The molecule has 1 heterocycles. The molecule has 5 amide bonds. The van der Waals surface area contributed by atoms with Crippen LogP contribution in [0.3, 0.4) is 0 Å². The summed E-state index contributed by atoms with van der Waals surface area (Å²) in [5, 5.41) is 0. The first-order chi connectivity index (χ1) is 13.1. The summed E-state index contributed by atoms with van der Waals surface area (Å²) in [5.74, 6) is -1.28. The molecule has 0 radical (unpaired) electrons. The van der Waals surface area contributed by atoms with E-state index in [0.29, 0.717) is 23.7 Å². The first-order valence-corrected chi connectivity index (χ1v) is 9.27. The number of anilines is 1. The number of urea groups is 1. The van der Waals surface area contributed by atoms with Crippen molar-refractivity contribution in [2.75, 3.05) is 31.6 Å². The van der Waals surface area contributed by atoms with Gasteiger partial charge in [0.1, 0.15) is 12.3 Å². The van der Waals surface area contributed by atoms with Gasteiger partial charge in [-0.2, -0.15) is 0 Å². The highest BCUT2D eigenvalue weighted by Crippen LogP contribution is 2.24. The highest BCUT2D eigenvalue weighted by atomic mass is 16.5. The molecule has 8 heteroatoms. The first kappa shape index (κ1) is 21.4. The van der Waals surface area contributed by atoms with E-state index in [-0.39, 0.29) is 23.4 Å². The second-order valence-corrected chi connectivity index (χ2v) is 7.60. The summed E-state index contributed by atoms with van der Waals surface area (Å²) < 4.78 is 5.05. The molecule has 0 aliphatic carbocycles. The van der Waals surface area contributed by atoms with Crippen LogP contribution in [-0.2, 0) is 14.4 Å². The van der Waals surface area contributed by atoms with Gasteiger partial charge in [0, 0.05) is 13.1 Å². The van der Waals surface area contributed by atoms with E-state index in [2.05, 4.69) is 0 Å². The Kier molecular flexibility index (Phi) is 6.77. The van der Waals surface area contributed by atoms with E-state index in [1.807, 2.05) is 27.7 Å². The molecule has 1 aliphatic rings. The number of methoxy groups -OCH3 is 1. The van der Waals surface area contributed by atoms with Crippen LogP contribution >= 0.6 is 0 Å². The zero-order chi connectivity index (χ0) is 21.0. The lowest BCUT2D eigenvalue weighted by molar-refractivity contribution is -0.142. The first-order valence-electron chi connectivity index (χ1n) is 9.27. The highest BCUT2D eigenvalue weighted by molar-refractivity contribution is 6.53. The molecule has 0 N–H and O–H groups in total. The second-order valence-electron chi connectivity index (χ2n) is 7.60. The van der Waals surface area contributed by atoms with E-state index in [1.54, 1.807) is 17.0 Å². The van der Waals surface area contributed by atoms with Crippen LogP contribution in [0, 0.1) is 11.8 Å². The smallest absolute Gasteiger partial charge is 0.339 e. The zero-order valence-electron chi connectivity index (χ0n) is 17.0. The third-order valence-electron chi connectivity index (χ3n) is 4.20. The Bertz CT molecular complexity index is 748. The molecule has 8 nitrogen and oxygen atoms in total. The Morgan fingerprint density at radius 2 is 1.50 bits per heavy atom. The van der Waals surface area contributed by atoms with Crippen LogP contribution in [0.15, 0.2) is 24.3 Å². The summed E-state index contributed by atoms with van der Waals surface area (Å²) >= 11 is 0. The molecule has 2 rings (SSSR count). The molecule has 152 valence electrons. The molecule has 1 aromatic carbocycles. The Morgan fingerprint density at radius 3 is 1.96 bits per heavy atom. The monoisotopic (exact) mass is 389 g/mol. The fourth-order valence-corrected chi connectivity index (χ4v) is 3.00. The predicted octanol–water partition coefficient (Wildman–Crippen LogP) is 2.13. The highest BCUT2D eigenvalue weighted by Gasteiger charge is 2.46. The third kappa shape index (κ3) is 4.68. The van der Waals surface area contributed by atoms with Crippen molar-refractivity contribution in [3.05, 3.63) is 24.3 Å². The maximum absolute atomic E-state index is 12.7. The molecule has 0 bridgehead atoms. The molecule has 0 unspecified atom stereocenters. The predicted molar refractivity (Wildman–Crippen MR) is 104 cm³/mol. The molecule has 1 aromatic rings. The summed E-state index contributed by atoms with van der Waals surface area (Å²) in [5.41, 5.74) is 0.250. The number of carbonyl (C=O) groups is 4. The average Bonchev–Trinajstić information content (AvgIpc) is 2.84. The zero-order valence-corrected chi connectivity index (χ0v) is 17.0. The third-order valence-corrected chi connectivity index (χ3v) is 4.20. The van der Waals surface area contributed by atoms with Gasteiger partial charge in [0.05, 0.1) is 12.8 Å². The Balaban J connectivity index is 2.18. The average molecular weight is 389 g/mol. The van der Waals surface area contributed by atoms with Crippen molar-refractivity contribution in [3.63, 3.8) is 0 Å². The van der Waals surface area contributed by atoms with Crippen molar-refractivity contribution in [2.24, 2.45) is 11.8 Å². The van der Waals surface area contributed by atoms with Gasteiger partial charge in [-0.1, -0.05) is 27.7 Å². The quantitative estimate of drug-likeness (QED) is 0.502. The van der Waals surface area contributed by atoms with Crippen LogP contribution in [0.1, 0.15) is 27.7 Å². The van der Waals surface area contributed by atoms with Gasteiger partial charge in [-0.05, 0) is 36.1 Å². The second kappa shape index (κ2) is 8.86. The number of nitrogens with zero attached hydrogens (tertiary/aromatic N) is 3. The van der Waals surface area contributed by atoms with Gasteiger partial charge in [0.25, 0.3) is 0 Å². The van der Waals surface area contributed by atoms with Gasteiger partial charge in [0.2, 0.25) is 5.91 Å². The fourth-order valence-electron chi connectivity index (χ4n) is 3.00. The lowest BCUT2D eigenvalue weighted by Crippen LogP contribution is -2.45. The topological polar surface area (TPSA) is 87.2 Å². The number of rotatable bonds is 8. The molecule has 1 aliphatic heterocycles. The molecular formula is C20H27N3O5. The SMILES string of the molecule is COc1ccc(N2C(=O)C(=O)N(CC(=O)N(CC(C)C)CC(C)C)C2=O)cc1. The summed E-state index contributed by atoms with van der Waals surface area (Å²) in [6.45, 7) is 8.54. The minimum atomic E-state index is -0.997. The van der Waals surface area contributed by atoms with Crippen molar-refractivity contribution in [1.82, 2.24) is 9.80 Å². The number of ether oxygens (including phenoxy) is 1. The van der Waals surface area contributed by atoms with Crippen molar-refractivity contribution in [2.45, 2.75) is 27.7 Å². The van der Waals surface area contributed by atoms with Crippen LogP contribution in [-0.4, -0.2) is 60.3 Å². The van der Waals surface area contributed by atoms with E-state index in [4.69, 9.17) is 4.74 Å². The minimum Gasteiger partial charge on any atom is -0.497 e. The summed E-state index contributed by atoms with van der Waals surface area (Å²) in [6, 6.07) is 5.37.